The molecule has 0 bridgehead atoms. The molecule has 0 saturated heterocycles. The van der Waals surface area contributed by atoms with Crippen LogP contribution in [0.2, 0.25) is 0 Å². The Morgan fingerprint density at radius 2 is 2.07 bits per heavy atom. The average molecular weight is 403 g/mol. The van der Waals surface area contributed by atoms with Gasteiger partial charge in [-0.2, -0.15) is 0 Å². The summed E-state index contributed by atoms with van der Waals surface area (Å²) in [7, 11) is 1.50. The molecule has 0 aliphatic carbocycles. The second-order valence-electron chi connectivity index (χ2n) is 6.50. The molecule has 1 aliphatic rings. The fourth-order valence-electron chi connectivity index (χ4n) is 2.96. The molecule has 0 fully saturated rings. The van der Waals surface area contributed by atoms with Gasteiger partial charge in [0.25, 0.3) is 0 Å². The lowest BCUT2D eigenvalue weighted by atomic mass is 10.1. The second-order valence-corrected chi connectivity index (χ2v) is 6.50. The van der Waals surface area contributed by atoms with Gasteiger partial charge in [-0.1, -0.05) is 0 Å². The SMILES string of the molecule is COc1ccc(NC(=O)CCN[C@H](CC2Nc3ccc(F)cc3N2)C(=O)O)cn1. The number of anilines is 3. The number of rotatable bonds is 9. The molecule has 3 rings (SSSR count). The van der Waals surface area contributed by atoms with Gasteiger partial charge < -0.3 is 31.1 Å². The molecule has 1 aromatic heterocycles. The van der Waals surface area contributed by atoms with E-state index in [0.717, 1.165) is 0 Å². The molecule has 154 valence electrons. The van der Waals surface area contributed by atoms with Crippen LogP contribution in [0.1, 0.15) is 12.8 Å². The summed E-state index contributed by atoms with van der Waals surface area (Å²) in [5.41, 5.74) is 1.83. The Bertz CT molecular complexity index is 877. The standard InChI is InChI=1S/C19H22FN5O4/c1-29-18-5-3-12(10-22-18)23-17(26)6-7-21-15(19(27)28)9-16-24-13-4-2-11(20)8-14(13)25-16/h2-5,8,10,15-16,21,24-25H,6-7,9H2,1H3,(H,23,26)(H,27,28)/t15-,16?/m1/s1. The van der Waals surface area contributed by atoms with E-state index in [1.165, 1.54) is 25.4 Å². The molecule has 1 unspecified atom stereocenters. The largest absolute Gasteiger partial charge is 0.481 e. The minimum Gasteiger partial charge on any atom is -0.481 e. The fourth-order valence-corrected chi connectivity index (χ4v) is 2.96. The van der Waals surface area contributed by atoms with E-state index in [1.807, 2.05) is 0 Å². The minimum absolute atomic E-state index is 0.0900. The van der Waals surface area contributed by atoms with Crippen LogP contribution in [-0.4, -0.2) is 47.8 Å². The monoisotopic (exact) mass is 403 g/mol. The van der Waals surface area contributed by atoms with Crippen molar-refractivity contribution in [3.8, 4) is 5.88 Å². The molecule has 2 atom stereocenters. The number of benzene rings is 1. The lowest BCUT2D eigenvalue weighted by molar-refractivity contribution is -0.139. The topological polar surface area (TPSA) is 125 Å². The Labute approximate surface area is 166 Å². The van der Waals surface area contributed by atoms with Crippen LogP contribution in [0.25, 0.3) is 0 Å². The molecule has 29 heavy (non-hydrogen) atoms. The van der Waals surface area contributed by atoms with E-state index in [0.29, 0.717) is 22.9 Å². The highest BCUT2D eigenvalue weighted by atomic mass is 19.1. The molecule has 0 saturated carbocycles. The number of aliphatic carboxylic acids is 1. The highest BCUT2D eigenvalue weighted by Crippen LogP contribution is 2.30. The Hall–Kier alpha value is -3.40. The zero-order chi connectivity index (χ0) is 20.8. The molecule has 2 heterocycles. The number of pyridine rings is 1. The first-order valence-corrected chi connectivity index (χ1v) is 9.03. The van der Waals surface area contributed by atoms with Crippen molar-refractivity contribution in [2.75, 3.05) is 29.6 Å². The quantitative estimate of drug-likeness (QED) is 0.430. The first-order chi connectivity index (χ1) is 13.9. The first kappa shape index (κ1) is 20.3. The van der Waals surface area contributed by atoms with Crippen molar-refractivity contribution in [1.82, 2.24) is 10.3 Å². The lowest BCUT2D eigenvalue weighted by Gasteiger charge is -2.19. The summed E-state index contributed by atoms with van der Waals surface area (Å²) in [5.74, 6) is -1.23. The normalized spacial score (nSPS) is 15.6. The van der Waals surface area contributed by atoms with Crippen LogP contribution in [0.4, 0.5) is 21.5 Å². The predicted molar refractivity (Wildman–Crippen MR) is 106 cm³/mol. The summed E-state index contributed by atoms with van der Waals surface area (Å²) in [6.07, 6.45) is 1.41. The van der Waals surface area contributed by atoms with Crippen molar-refractivity contribution in [3.63, 3.8) is 0 Å². The van der Waals surface area contributed by atoms with Gasteiger partial charge in [-0.05, 0) is 24.3 Å². The maximum atomic E-state index is 13.3. The zero-order valence-electron chi connectivity index (χ0n) is 15.7. The number of halogens is 1. The van der Waals surface area contributed by atoms with E-state index in [4.69, 9.17) is 4.74 Å². The zero-order valence-corrected chi connectivity index (χ0v) is 15.7. The molecule has 5 N–H and O–H groups in total. The van der Waals surface area contributed by atoms with E-state index in [-0.39, 0.29) is 37.3 Å². The van der Waals surface area contributed by atoms with Gasteiger partial charge in [0.2, 0.25) is 11.8 Å². The van der Waals surface area contributed by atoms with Gasteiger partial charge in [0.15, 0.2) is 0 Å². The van der Waals surface area contributed by atoms with E-state index in [2.05, 4.69) is 26.3 Å². The minimum atomic E-state index is -1.03. The molecule has 2 aromatic rings. The second kappa shape index (κ2) is 9.20. The number of carboxylic acid groups (broad SMARTS) is 1. The highest BCUT2D eigenvalue weighted by molar-refractivity contribution is 5.90. The van der Waals surface area contributed by atoms with Crippen molar-refractivity contribution in [3.05, 3.63) is 42.3 Å². The number of carbonyl (C=O) groups excluding carboxylic acids is 1. The number of methoxy groups -OCH3 is 1. The summed E-state index contributed by atoms with van der Waals surface area (Å²) in [4.78, 5) is 27.6. The molecule has 10 heteroatoms. The van der Waals surface area contributed by atoms with Crippen LogP contribution in [0.5, 0.6) is 5.88 Å². The molecule has 1 aromatic carbocycles. The number of hydrogen-bond acceptors (Lipinski definition) is 7. The molecule has 9 nitrogen and oxygen atoms in total. The Morgan fingerprint density at radius 3 is 2.76 bits per heavy atom. The van der Waals surface area contributed by atoms with Gasteiger partial charge in [0, 0.05) is 25.5 Å². The molecular formula is C19H22FN5O4. The summed E-state index contributed by atoms with van der Waals surface area (Å²) in [6, 6.07) is 6.69. The van der Waals surface area contributed by atoms with Gasteiger partial charge in [0.1, 0.15) is 11.9 Å². The van der Waals surface area contributed by atoms with Crippen LogP contribution in [0, 0.1) is 5.82 Å². The van der Waals surface area contributed by atoms with Gasteiger partial charge in [-0.25, -0.2) is 9.37 Å². The molecule has 0 spiro atoms. The number of nitrogens with zero attached hydrogens (tertiary/aromatic N) is 1. The Balaban J connectivity index is 1.45. The van der Waals surface area contributed by atoms with Crippen molar-refractivity contribution in [2.45, 2.75) is 25.0 Å². The van der Waals surface area contributed by atoms with Crippen LogP contribution in [0.3, 0.4) is 0 Å². The number of ether oxygens (including phenoxy) is 1. The summed E-state index contributed by atoms with van der Waals surface area (Å²) in [6.45, 7) is 0.181. The van der Waals surface area contributed by atoms with Gasteiger partial charge in [0.05, 0.1) is 36.5 Å². The van der Waals surface area contributed by atoms with Gasteiger partial charge in [-0.3, -0.25) is 9.59 Å². The average Bonchev–Trinajstić information content (AvgIpc) is 3.09. The van der Waals surface area contributed by atoms with Crippen molar-refractivity contribution < 1.29 is 23.8 Å². The number of fused-ring (bicyclic) bond motifs is 1. The summed E-state index contributed by atoms with van der Waals surface area (Å²) >= 11 is 0. The maximum absolute atomic E-state index is 13.3. The third-order valence-electron chi connectivity index (χ3n) is 4.38. The van der Waals surface area contributed by atoms with Crippen LogP contribution in [-0.2, 0) is 9.59 Å². The van der Waals surface area contributed by atoms with Crippen molar-refractivity contribution in [2.24, 2.45) is 0 Å². The highest BCUT2D eigenvalue weighted by Gasteiger charge is 2.26. The van der Waals surface area contributed by atoms with E-state index >= 15 is 0 Å². The van der Waals surface area contributed by atoms with E-state index < -0.39 is 12.0 Å². The number of hydrogen-bond donors (Lipinski definition) is 5. The van der Waals surface area contributed by atoms with E-state index in [1.54, 1.807) is 18.2 Å². The third kappa shape index (κ3) is 5.55. The summed E-state index contributed by atoms with van der Waals surface area (Å²) < 4.78 is 18.2. The third-order valence-corrected chi connectivity index (χ3v) is 4.38. The fraction of sp³-hybridized carbons (Fsp3) is 0.316. The number of carboxylic acids is 1. The molecular weight excluding hydrogens is 381 g/mol. The molecule has 1 aliphatic heterocycles. The summed E-state index contributed by atoms with van der Waals surface area (Å²) in [5, 5.41) is 21.2. The van der Waals surface area contributed by atoms with Crippen LogP contribution >= 0.6 is 0 Å². The molecule has 1 amide bonds. The van der Waals surface area contributed by atoms with E-state index in [9.17, 15) is 19.1 Å². The molecule has 0 radical (unpaired) electrons. The number of carbonyl (C=O) groups is 2. The number of amides is 1. The maximum Gasteiger partial charge on any atom is 0.320 e. The van der Waals surface area contributed by atoms with Crippen molar-refractivity contribution >= 4 is 28.9 Å². The number of nitrogens with one attached hydrogen (secondary N) is 4. The van der Waals surface area contributed by atoms with Gasteiger partial charge in [-0.15, -0.1) is 0 Å². The van der Waals surface area contributed by atoms with Crippen LogP contribution in [0.15, 0.2) is 36.5 Å². The number of aromatic nitrogens is 1. The lowest BCUT2D eigenvalue weighted by Crippen LogP contribution is -2.43. The van der Waals surface area contributed by atoms with Crippen molar-refractivity contribution in [1.29, 1.82) is 0 Å². The Morgan fingerprint density at radius 1 is 1.28 bits per heavy atom. The van der Waals surface area contributed by atoms with Gasteiger partial charge >= 0.3 is 5.97 Å². The Kier molecular flexibility index (Phi) is 6.45. The first-order valence-electron chi connectivity index (χ1n) is 9.03. The smallest absolute Gasteiger partial charge is 0.320 e. The van der Waals surface area contributed by atoms with Crippen LogP contribution < -0.4 is 26.0 Å². The predicted octanol–water partition coefficient (Wildman–Crippen LogP) is 1.85.